The summed E-state index contributed by atoms with van der Waals surface area (Å²) in [4.78, 5) is 4.30. The quantitative estimate of drug-likeness (QED) is 0.151. The van der Waals surface area contributed by atoms with Crippen LogP contribution < -0.4 is 16.6 Å². The largest absolute Gasteiger partial charge is 0.382 e. The molecule has 0 heterocycles. The highest BCUT2D eigenvalue weighted by atomic mass is 16.5. The minimum Gasteiger partial charge on any atom is -0.382 e. The van der Waals surface area contributed by atoms with E-state index >= 15 is 0 Å². The van der Waals surface area contributed by atoms with E-state index in [9.17, 15) is 0 Å². The normalized spacial score (nSPS) is 11.6. The lowest BCUT2D eigenvalue weighted by atomic mass is 10.4. The van der Waals surface area contributed by atoms with E-state index in [1.165, 1.54) is 0 Å². The number of nitrogens with two attached hydrogens (primary N) is 1. The molecule has 0 unspecified atom stereocenters. The molecule has 0 amide bonds. The highest BCUT2D eigenvalue weighted by molar-refractivity contribution is 5.79. The maximum atomic E-state index is 5.37. The van der Waals surface area contributed by atoms with Crippen molar-refractivity contribution in [2.24, 2.45) is 10.8 Å². The molecular weight excluding hydrogens is 248 g/mol. The van der Waals surface area contributed by atoms with Gasteiger partial charge in [0.25, 0.3) is 0 Å². The summed E-state index contributed by atoms with van der Waals surface area (Å²) in [6.07, 6.45) is 1.78. The minimum atomic E-state index is 0.605. The van der Waals surface area contributed by atoms with Gasteiger partial charge in [0.05, 0.1) is 13.2 Å². The third-order valence-electron chi connectivity index (χ3n) is 2.25. The molecule has 0 aromatic carbocycles. The average molecular weight is 276 g/mol. The van der Waals surface area contributed by atoms with Gasteiger partial charge in [0.1, 0.15) is 0 Å². The molecule has 0 aromatic heterocycles. The molecule has 0 aliphatic rings. The number of guanidine groups is 1. The van der Waals surface area contributed by atoms with Crippen LogP contribution in [0.25, 0.3) is 0 Å². The zero-order valence-electron chi connectivity index (χ0n) is 12.1. The van der Waals surface area contributed by atoms with Crippen LogP contribution in [0.3, 0.4) is 0 Å². The number of aliphatic imine (C=N–C) groups is 1. The first-order valence-electron chi connectivity index (χ1n) is 6.74. The summed E-state index contributed by atoms with van der Waals surface area (Å²) in [5, 5.41) is 3.11. The highest BCUT2D eigenvalue weighted by Gasteiger charge is 1.95. The Labute approximate surface area is 115 Å². The summed E-state index contributed by atoms with van der Waals surface area (Å²) < 4.78 is 15.4. The van der Waals surface area contributed by atoms with Gasteiger partial charge in [-0.3, -0.25) is 10.4 Å². The molecule has 0 spiro atoms. The van der Waals surface area contributed by atoms with Crippen LogP contribution in [-0.2, 0) is 14.2 Å². The summed E-state index contributed by atoms with van der Waals surface area (Å²) >= 11 is 0. The summed E-state index contributed by atoms with van der Waals surface area (Å²) in [5.41, 5.74) is 2.54. The standard InChI is InChI=1S/C12H28N4O3/c1-3-18-8-4-6-14-12(16-13)15-7-5-9-19-11-10-17-2/h3-11,13H2,1-2H3,(H2,14,15,16). The fraction of sp³-hybridized carbons (Fsp3) is 0.917. The van der Waals surface area contributed by atoms with Crippen molar-refractivity contribution in [3.05, 3.63) is 0 Å². The molecule has 0 rings (SSSR count). The van der Waals surface area contributed by atoms with E-state index in [4.69, 9.17) is 20.1 Å². The van der Waals surface area contributed by atoms with Crippen molar-refractivity contribution in [1.82, 2.24) is 10.7 Å². The third-order valence-corrected chi connectivity index (χ3v) is 2.25. The van der Waals surface area contributed by atoms with Gasteiger partial charge in [-0.05, 0) is 19.8 Å². The predicted octanol–water partition coefficient (Wildman–Crippen LogP) is -0.125. The van der Waals surface area contributed by atoms with Crippen LogP contribution in [0.5, 0.6) is 0 Å². The number of rotatable bonds is 12. The molecule has 0 bridgehead atoms. The predicted molar refractivity (Wildman–Crippen MR) is 76.0 cm³/mol. The van der Waals surface area contributed by atoms with Gasteiger partial charge in [-0.2, -0.15) is 0 Å². The first-order chi connectivity index (χ1) is 9.35. The van der Waals surface area contributed by atoms with Crippen molar-refractivity contribution in [3.63, 3.8) is 0 Å². The van der Waals surface area contributed by atoms with Crippen LogP contribution in [0.15, 0.2) is 4.99 Å². The smallest absolute Gasteiger partial charge is 0.205 e. The van der Waals surface area contributed by atoms with Gasteiger partial charge < -0.3 is 19.5 Å². The molecule has 0 atom stereocenters. The van der Waals surface area contributed by atoms with Crippen molar-refractivity contribution in [2.75, 3.05) is 53.2 Å². The van der Waals surface area contributed by atoms with E-state index in [0.29, 0.717) is 32.3 Å². The van der Waals surface area contributed by atoms with Crippen LogP contribution in [-0.4, -0.2) is 59.2 Å². The summed E-state index contributed by atoms with van der Waals surface area (Å²) in [6, 6.07) is 0. The Kier molecular flexibility index (Phi) is 14.5. The molecule has 0 saturated carbocycles. The molecule has 0 saturated heterocycles. The van der Waals surface area contributed by atoms with Crippen LogP contribution in [0.4, 0.5) is 0 Å². The Balaban J connectivity index is 3.46. The van der Waals surface area contributed by atoms with Crippen molar-refractivity contribution >= 4 is 5.96 Å². The van der Waals surface area contributed by atoms with Crippen LogP contribution >= 0.6 is 0 Å². The van der Waals surface area contributed by atoms with E-state index in [0.717, 1.165) is 32.6 Å². The first kappa shape index (κ1) is 18.1. The van der Waals surface area contributed by atoms with Crippen LogP contribution in [0.1, 0.15) is 19.8 Å². The molecule has 0 radical (unpaired) electrons. The number of hydrazine groups is 1. The third kappa shape index (κ3) is 13.3. The van der Waals surface area contributed by atoms with Gasteiger partial charge in [0.2, 0.25) is 5.96 Å². The molecule has 4 N–H and O–H groups in total. The molecule has 0 fully saturated rings. The number of nitrogens with zero attached hydrogens (tertiary/aromatic N) is 1. The van der Waals surface area contributed by atoms with Gasteiger partial charge in [-0.15, -0.1) is 0 Å². The average Bonchev–Trinajstić information content (AvgIpc) is 2.44. The maximum Gasteiger partial charge on any atom is 0.205 e. The number of hydrogen-bond donors (Lipinski definition) is 3. The first-order valence-corrected chi connectivity index (χ1v) is 6.74. The molecule has 19 heavy (non-hydrogen) atoms. The second-order valence-corrected chi connectivity index (χ2v) is 3.81. The number of methoxy groups -OCH3 is 1. The second-order valence-electron chi connectivity index (χ2n) is 3.81. The molecule has 114 valence electrons. The topological polar surface area (TPSA) is 90.1 Å². The van der Waals surface area contributed by atoms with Gasteiger partial charge in [0.15, 0.2) is 0 Å². The van der Waals surface area contributed by atoms with Gasteiger partial charge in [-0.25, -0.2) is 5.84 Å². The zero-order chi connectivity index (χ0) is 14.2. The summed E-state index contributed by atoms with van der Waals surface area (Å²) in [5.74, 6) is 5.98. The Hall–Kier alpha value is -0.890. The molecule has 0 aliphatic carbocycles. The SMILES string of the molecule is CCOCCCNC(=NCCCOCCOC)NN. The molecular formula is C12H28N4O3. The Bertz CT molecular complexity index is 215. The zero-order valence-corrected chi connectivity index (χ0v) is 12.1. The van der Waals surface area contributed by atoms with Crippen molar-refractivity contribution in [1.29, 1.82) is 0 Å². The lowest BCUT2D eigenvalue weighted by Gasteiger charge is -2.09. The van der Waals surface area contributed by atoms with E-state index in [1.54, 1.807) is 7.11 Å². The number of nitrogens with one attached hydrogen (secondary N) is 2. The van der Waals surface area contributed by atoms with Crippen LogP contribution in [0.2, 0.25) is 0 Å². The molecule has 0 aliphatic heterocycles. The van der Waals surface area contributed by atoms with Gasteiger partial charge in [-0.1, -0.05) is 0 Å². The molecule has 7 heteroatoms. The lowest BCUT2D eigenvalue weighted by Crippen LogP contribution is -2.42. The van der Waals surface area contributed by atoms with Crippen molar-refractivity contribution < 1.29 is 14.2 Å². The maximum absolute atomic E-state index is 5.37. The minimum absolute atomic E-state index is 0.605. The number of ether oxygens (including phenoxy) is 3. The number of hydrogen-bond acceptors (Lipinski definition) is 5. The summed E-state index contributed by atoms with van der Waals surface area (Å²) in [6.45, 7) is 6.86. The Morgan fingerprint density at radius 1 is 1.11 bits per heavy atom. The molecule has 0 aromatic rings. The fourth-order valence-electron chi connectivity index (χ4n) is 1.28. The van der Waals surface area contributed by atoms with E-state index in [-0.39, 0.29) is 0 Å². The van der Waals surface area contributed by atoms with Gasteiger partial charge in [0, 0.05) is 40.0 Å². The fourth-order valence-corrected chi connectivity index (χ4v) is 1.28. The Morgan fingerprint density at radius 3 is 2.58 bits per heavy atom. The Morgan fingerprint density at radius 2 is 1.89 bits per heavy atom. The van der Waals surface area contributed by atoms with Crippen LogP contribution in [0, 0.1) is 0 Å². The van der Waals surface area contributed by atoms with Gasteiger partial charge >= 0.3 is 0 Å². The van der Waals surface area contributed by atoms with Crippen molar-refractivity contribution in [3.8, 4) is 0 Å². The summed E-state index contributed by atoms with van der Waals surface area (Å²) in [7, 11) is 1.66. The van der Waals surface area contributed by atoms with E-state index in [1.807, 2.05) is 6.92 Å². The van der Waals surface area contributed by atoms with E-state index < -0.39 is 0 Å². The lowest BCUT2D eigenvalue weighted by molar-refractivity contribution is 0.0702. The molecule has 7 nitrogen and oxygen atoms in total. The van der Waals surface area contributed by atoms with E-state index in [2.05, 4.69) is 15.7 Å². The van der Waals surface area contributed by atoms with Crippen molar-refractivity contribution in [2.45, 2.75) is 19.8 Å². The highest BCUT2D eigenvalue weighted by Crippen LogP contribution is 1.86. The second kappa shape index (κ2) is 15.2. The monoisotopic (exact) mass is 276 g/mol.